The van der Waals surface area contributed by atoms with Gasteiger partial charge in [-0.15, -0.1) is 11.3 Å². The van der Waals surface area contributed by atoms with Crippen LogP contribution in [0.1, 0.15) is 24.1 Å². The Kier molecular flexibility index (Phi) is 6.04. The fraction of sp³-hybridized carbons (Fsp3) is 0.545. The second-order valence-electron chi connectivity index (χ2n) is 3.36. The highest BCUT2D eigenvalue weighted by Crippen LogP contribution is 2.10. The quantitative estimate of drug-likeness (QED) is 0.695. The molecule has 1 heterocycles. The van der Waals surface area contributed by atoms with Gasteiger partial charge in [-0.25, -0.2) is 0 Å². The normalized spacial score (nSPS) is 10.2. The zero-order valence-electron chi connectivity index (χ0n) is 8.74. The van der Waals surface area contributed by atoms with E-state index in [1.165, 1.54) is 4.88 Å². The largest absolute Gasteiger partial charge is 0.396 e. The standard InChI is InChI=1S/C11H17NO2S/c13-8-2-1-7-12-11(14)6-5-10-4-3-9-15-10/h3-4,9,13H,1-2,5-8H2,(H,12,14). The monoisotopic (exact) mass is 227 g/mol. The Labute approximate surface area is 94.1 Å². The summed E-state index contributed by atoms with van der Waals surface area (Å²) >= 11 is 1.68. The van der Waals surface area contributed by atoms with Crippen molar-refractivity contribution in [3.05, 3.63) is 22.4 Å². The van der Waals surface area contributed by atoms with E-state index in [1.807, 2.05) is 17.5 Å². The van der Waals surface area contributed by atoms with Gasteiger partial charge in [0.25, 0.3) is 0 Å². The van der Waals surface area contributed by atoms with Crippen molar-refractivity contribution >= 4 is 17.2 Å². The van der Waals surface area contributed by atoms with Gasteiger partial charge in [0, 0.05) is 24.4 Å². The highest BCUT2D eigenvalue weighted by Gasteiger charge is 2.01. The predicted molar refractivity (Wildman–Crippen MR) is 62.0 cm³/mol. The lowest BCUT2D eigenvalue weighted by Gasteiger charge is -2.03. The lowest BCUT2D eigenvalue weighted by atomic mass is 10.2. The molecule has 84 valence electrons. The van der Waals surface area contributed by atoms with Crippen molar-refractivity contribution in [2.24, 2.45) is 0 Å². The van der Waals surface area contributed by atoms with E-state index in [2.05, 4.69) is 5.32 Å². The number of hydrogen-bond donors (Lipinski definition) is 2. The van der Waals surface area contributed by atoms with Crippen molar-refractivity contribution in [3.63, 3.8) is 0 Å². The highest BCUT2D eigenvalue weighted by molar-refractivity contribution is 7.09. The molecule has 0 atom stereocenters. The Balaban J connectivity index is 2.04. The number of aliphatic hydroxyl groups excluding tert-OH is 1. The molecule has 0 aliphatic carbocycles. The first-order valence-electron chi connectivity index (χ1n) is 5.23. The third kappa shape index (κ3) is 5.54. The van der Waals surface area contributed by atoms with E-state index in [1.54, 1.807) is 11.3 Å². The van der Waals surface area contributed by atoms with Crippen LogP contribution in [0.5, 0.6) is 0 Å². The summed E-state index contributed by atoms with van der Waals surface area (Å²) in [5.41, 5.74) is 0. The molecule has 4 heteroatoms. The molecule has 0 aromatic carbocycles. The van der Waals surface area contributed by atoms with E-state index in [4.69, 9.17) is 5.11 Å². The molecular weight excluding hydrogens is 210 g/mol. The van der Waals surface area contributed by atoms with Crippen LogP contribution < -0.4 is 5.32 Å². The van der Waals surface area contributed by atoms with Crippen LogP contribution in [0.15, 0.2) is 17.5 Å². The van der Waals surface area contributed by atoms with Crippen molar-refractivity contribution in [3.8, 4) is 0 Å². The van der Waals surface area contributed by atoms with Gasteiger partial charge in [0.05, 0.1) is 0 Å². The van der Waals surface area contributed by atoms with Gasteiger partial charge in [-0.05, 0) is 30.7 Å². The van der Waals surface area contributed by atoms with Crippen LogP contribution in [0, 0.1) is 0 Å². The summed E-state index contributed by atoms with van der Waals surface area (Å²) in [6.07, 6.45) is 2.98. The molecule has 0 saturated heterocycles. The van der Waals surface area contributed by atoms with E-state index in [9.17, 15) is 4.79 Å². The van der Waals surface area contributed by atoms with Crippen LogP contribution in [0.25, 0.3) is 0 Å². The van der Waals surface area contributed by atoms with E-state index in [0.717, 1.165) is 19.3 Å². The Hall–Kier alpha value is -0.870. The molecule has 2 N–H and O–H groups in total. The molecule has 3 nitrogen and oxygen atoms in total. The summed E-state index contributed by atoms with van der Waals surface area (Å²) in [7, 11) is 0. The van der Waals surface area contributed by atoms with E-state index >= 15 is 0 Å². The molecule has 0 unspecified atom stereocenters. The minimum Gasteiger partial charge on any atom is -0.396 e. The van der Waals surface area contributed by atoms with Gasteiger partial charge < -0.3 is 10.4 Å². The number of aryl methyl sites for hydroxylation is 1. The topological polar surface area (TPSA) is 49.3 Å². The second kappa shape index (κ2) is 7.43. The summed E-state index contributed by atoms with van der Waals surface area (Å²) in [5, 5.41) is 13.4. The van der Waals surface area contributed by atoms with Gasteiger partial charge in [0.1, 0.15) is 0 Å². The number of hydrogen-bond acceptors (Lipinski definition) is 3. The van der Waals surface area contributed by atoms with Crippen molar-refractivity contribution in [1.82, 2.24) is 5.32 Å². The number of nitrogens with one attached hydrogen (secondary N) is 1. The summed E-state index contributed by atoms with van der Waals surface area (Å²) < 4.78 is 0. The maximum atomic E-state index is 11.3. The first kappa shape index (κ1) is 12.2. The Bertz CT molecular complexity index is 272. The van der Waals surface area contributed by atoms with E-state index < -0.39 is 0 Å². The molecule has 1 aromatic rings. The summed E-state index contributed by atoms with van der Waals surface area (Å²) in [6, 6.07) is 4.04. The van der Waals surface area contributed by atoms with Crippen LogP contribution in [0.3, 0.4) is 0 Å². The number of amides is 1. The molecule has 1 aromatic heterocycles. The SMILES string of the molecule is O=C(CCc1cccs1)NCCCCO. The maximum absolute atomic E-state index is 11.3. The third-order valence-electron chi connectivity index (χ3n) is 2.09. The molecule has 1 amide bonds. The number of carbonyl (C=O) groups excluding carboxylic acids is 1. The van der Waals surface area contributed by atoms with Crippen molar-refractivity contribution in [2.45, 2.75) is 25.7 Å². The van der Waals surface area contributed by atoms with Gasteiger partial charge in [-0.2, -0.15) is 0 Å². The van der Waals surface area contributed by atoms with Crippen molar-refractivity contribution in [2.75, 3.05) is 13.2 Å². The lowest BCUT2D eigenvalue weighted by molar-refractivity contribution is -0.121. The number of carbonyl (C=O) groups is 1. The number of rotatable bonds is 7. The van der Waals surface area contributed by atoms with Crippen LogP contribution >= 0.6 is 11.3 Å². The maximum Gasteiger partial charge on any atom is 0.220 e. The number of aliphatic hydroxyl groups is 1. The zero-order valence-corrected chi connectivity index (χ0v) is 9.55. The van der Waals surface area contributed by atoms with E-state index in [-0.39, 0.29) is 12.5 Å². The molecule has 0 saturated carbocycles. The summed E-state index contributed by atoms with van der Waals surface area (Å²) in [6.45, 7) is 0.870. The van der Waals surface area contributed by atoms with Gasteiger partial charge in [0.15, 0.2) is 0 Å². The molecule has 0 aliphatic rings. The Morgan fingerprint density at radius 2 is 2.33 bits per heavy atom. The third-order valence-corrected chi connectivity index (χ3v) is 3.02. The first-order valence-corrected chi connectivity index (χ1v) is 6.11. The summed E-state index contributed by atoms with van der Waals surface area (Å²) in [5.74, 6) is 0.0985. The lowest BCUT2D eigenvalue weighted by Crippen LogP contribution is -2.24. The van der Waals surface area contributed by atoms with Crippen LogP contribution in [-0.2, 0) is 11.2 Å². The zero-order chi connectivity index (χ0) is 10.9. The molecule has 0 fully saturated rings. The molecule has 15 heavy (non-hydrogen) atoms. The van der Waals surface area contributed by atoms with Gasteiger partial charge in [0.2, 0.25) is 5.91 Å². The van der Waals surface area contributed by atoms with Crippen molar-refractivity contribution < 1.29 is 9.90 Å². The summed E-state index contributed by atoms with van der Waals surface area (Å²) in [4.78, 5) is 12.6. The fourth-order valence-corrected chi connectivity index (χ4v) is 1.95. The molecule has 0 radical (unpaired) electrons. The van der Waals surface area contributed by atoms with Crippen LogP contribution in [0.2, 0.25) is 0 Å². The van der Waals surface area contributed by atoms with Gasteiger partial charge >= 0.3 is 0 Å². The molecule has 0 spiro atoms. The van der Waals surface area contributed by atoms with Gasteiger partial charge in [-0.3, -0.25) is 4.79 Å². The Morgan fingerprint density at radius 1 is 1.47 bits per heavy atom. The van der Waals surface area contributed by atoms with Gasteiger partial charge in [-0.1, -0.05) is 6.07 Å². The minimum atomic E-state index is 0.0985. The molecular formula is C11H17NO2S. The predicted octanol–water partition coefficient (Wildman–Crippen LogP) is 1.57. The highest BCUT2D eigenvalue weighted by atomic mass is 32.1. The minimum absolute atomic E-state index is 0.0985. The number of unbranched alkanes of at least 4 members (excludes halogenated alkanes) is 1. The van der Waals surface area contributed by atoms with Crippen molar-refractivity contribution in [1.29, 1.82) is 0 Å². The van der Waals surface area contributed by atoms with E-state index in [0.29, 0.717) is 13.0 Å². The fourth-order valence-electron chi connectivity index (χ4n) is 1.24. The van der Waals surface area contributed by atoms with Crippen LogP contribution in [0.4, 0.5) is 0 Å². The molecule has 0 bridgehead atoms. The average Bonchev–Trinajstić information content (AvgIpc) is 2.74. The molecule has 1 rings (SSSR count). The molecule has 0 aliphatic heterocycles. The number of thiophene rings is 1. The van der Waals surface area contributed by atoms with Crippen LogP contribution in [-0.4, -0.2) is 24.2 Å². The smallest absolute Gasteiger partial charge is 0.220 e. The Morgan fingerprint density at radius 3 is 3.00 bits per heavy atom. The average molecular weight is 227 g/mol. The second-order valence-corrected chi connectivity index (χ2v) is 4.39. The first-order chi connectivity index (χ1) is 7.33.